The van der Waals surface area contributed by atoms with Crippen molar-refractivity contribution in [1.82, 2.24) is 10.1 Å². The summed E-state index contributed by atoms with van der Waals surface area (Å²) in [5.74, 6) is 0.636. The topological polar surface area (TPSA) is 41.3 Å². The fourth-order valence-electron chi connectivity index (χ4n) is 4.61. The van der Waals surface area contributed by atoms with Gasteiger partial charge < -0.3 is 14.7 Å². The van der Waals surface area contributed by atoms with Gasteiger partial charge in [-0.15, -0.1) is 0 Å². The first-order valence-electron chi connectivity index (χ1n) is 9.36. The van der Waals surface area contributed by atoms with Crippen LogP contribution >= 0.6 is 0 Å². The molecule has 2 atom stereocenters. The molecule has 0 fully saturated rings. The largest absolute Gasteiger partial charge is 0.384 e. The molecule has 2 aliphatic rings. The van der Waals surface area contributed by atoms with Gasteiger partial charge in [-0.1, -0.05) is 25.1 Å². The van der Waals surface area contributed by atoms with E-state index in [1.54, 1.807) is 11.8 Å². The van der Waals surface area contributed by atoms with Gasteiger partial charge in [-0.05, 0) is 56.0 Å². The van der Waals surface area contributed by atoms with Crippen molar-refractivity contribution in [2.45, 2.75) is 51.5 Å². The van der Waals surface area contributed by atoms with Crippen molar-refractivity contribution < 1.29 is 4.52 Å². The van der Waals surface area contributed by atoms with Crippen LogP contribution in [0.5, 0.6) is 0 Å². The van der Waals surface area contributed by atoms with Crippen molar-refractivity contribution in [3.63, 3.8) is 0 Å². The third kappa shape index (κ3) is 2.63. The minimum Gasteiger partial charge on any atom is -0.384 e. The van der Waals surface area contributed by atoms with Crippen LogP contribution in [0.3, 0.4) is 0 Å². The Labute approximate surface area is 144 Å². The van der Waals surface area contributed by atoms with Gasteiger partial charge in [0.05, 0.1) is 0 Å². The zero-order valence-corrected chi connectivity index (χ0v) is 14.7. The predicted molar refractivity (Wildman–Crippen MR) is 97.4 cm³/mol. The molecule has 128 valence electrons. The number of aromatic nitrogens is 1. The second-order valence-corrected chi connectivity index (χ2v) is 7.15. The molecule has 0 bridgehead atoms. The molecule has 4 nitrogen and oxygen atoms in total. The first-order valence-corrected chi connectivity index (χ1v) is 9.36. The molecule has 1 aromatic carbocycles. The van der Waals surface area contributed by atoms with E-state index in [0.29, 0.717) is 12.0 Å². The van der Waals surface area contributed by atoms with Crippen molar-refractivity contribution in [2.75, 3.05) is 25.0 Å². The molecule has 0 radical (unpaired) electrons. The molecule has 4 rings (SSSR count). The number of anilines is 1. The van der Waals surface area contributed by atoms with Crippen molar-refractivity contribution in [3.05, 3.63) is 35.6 Å². The maximum absolute atomic E-state index is 5.11. The molecule has 2 heterocycles. The SMILES string of the molecule is CCCN(CCC)[C@@H]1Cc2c(-c3ccon3)ccc3c2[C@H](CN3)C1. The zero-order valence-electron chi connectivity index (χ0n) is 14.7. The summed E-state index contributed by atoms with van der Waals surface area (Å²) in [5.41, 5.74) is 6.59. The van der Waals surface area contributed by atoms with Crippen LogP contribution in [-0.4, -0.2) is 35.7 Å². The fraction of sp³-hybridized carbons (Fsp3) is 0.550. The minimum atomic E-state index is 0.636. The van der Waals surface area contributed by atoms with Gasteiger partial charge >= 0.3 is 0 Å². The number of nitrogens with zero attached hydrogens (tertiary/aromatic N) is 2. The lowest BCUT2D eigenvalue weighted by molar-refractivity contribution is 0.173. The Morgan fingerprint density at radius 1 is 1.21 bits per heavy atom. The second kappa shape index (κ2) is 6.60. The monoisotopic (exact) mass is 325 g/mol. The van der Waals surface area contributed by atoms with Crippen LogP contribution in [0, 0.1) is 0 Å². The lowest BCUT2D eigenvalue weighted by Crippen LogP contribution is -2.41. The molecule has 0 saturated heterocycles. The summed E-state index contributed by atoms with van der Waals surface area (Å²) in [7, 11) is 0. The van der Waals surface area contributed by atoms with E-state index < -0.39 is 0 Å². The van der Waals surface area contributed by atoms with E-state index >= 15 is 0 Å². The first kappa shape index (κ1) is 15.7. The van der Waals surface area contributed by atoms with Crippen LogP contribution in [0.4, 0.5) is 5.69 Å². The first-order chi connectivity index (χ1) is 11.8. The number of hydrogen-bond donors (Lipinski definition) is 1. The molecule has 2 aromatic rings. The zero-order chi connectivity index (χ0) is 16.5. The van der Waals surface area contributed by atoms with E-state index in [2.05, 4.69) is 41.4 Å². The van der Waals surface area contributed by atoms with Gasteiger partial charge in [-0.2, -0.15) is 0 Å². The van der Waals surface area contributed by atoms with Gasteiger partial charge in [0.1, 0.15) is 12.0 Å². The van der Waals surface area contributed by atoms with Gasteiger partial charge in [0, 0.05) is 35.8 Å². The molecule has 4 heteroatoms. The van der Waals surface area contributed by atoms with E-state index in [1.807, 2.05) is 6.07 Å². The molecule has 24 heavy (non-hydrogen) atoms. The van der Waals surface area contributed by atoms with Crippen molar-refractivity contribution in [1.29, 1.82) is 0 Å². The number of hydrogen-bond acceptors (Lipinski definition) is 4. The smallest absolute Gasteiger partial charge is 0.124 e. The van der Waals surface area contributed by atoms with Crippen molar-refractivity contribution in [3.8, 4) is 11.3 Å². The predicted octanol–water partition coefficient (Wildman–Crippen LogP) is 4.29. The third-order valence-electron chi connectivity index (χ3n) is 5.55. The fourth-order valence-corrected chi connectivity index (χ4v) is 4.61. The summed E-state index contributed by atoms with van der Waals surface area (Å²) in [5, 5.41) is 7.82. The maximum atomic E-state index is 5.11. The molecule has 1 aliphatic carbocycles. The van der Waals surface area contributed by atoms with Crippen molar-refractivity contribution in [2.24, 2.45) is 0 Å². The third-order valence-corrected chi connectivity index (χ3v) is 5.55. The van der Waals surface area contributed by atoms with Crippen molar-refractivity contribution >= 4 is 5.69 Å². The van der Waals surface area contributed by atoms with Crippen LogP contribution in [0.2, 0.25) is 0 Å². The normalized spacial score (nSPS) is 21.8. The molecule has 0 spiro atoms. The van der Waals surface area contributed by atoms with Crippen LogP contribution in [0.1, 0.15) is 50.2 Å². The van der Waals surface area contributed by atoms with Crippen LogP contribution < -0.4 is 5.32 Å². The Hall–Kier alpha value is -1.81. The lowest BCUT2D eigenvalue weighted by atomic mass is 9.78. The molecule has 1 aromatic heterocycles. The Balaban J connectivity index is 1.73. The Kier molecular flexibility index (Phi) is 4.31. The van der Waals surface area contributed by atoms with Crippen LogP contribution in [0.25, 0.3) is 11.3 Å². The molecule has 0 unspecified atom stereocenters. The average Bonchev–Trinajstić information content (AvgIpc) is 3.26. The molecular weight excluding hydrogens is 298 g/mol. The number of rotatable bonds is 6. The van der Waals surface area contributed by atoms with Gasteiger partial charge in [0.25, 0.3) is 0 Å². The summed E-state index contributed by atoms with van der Waals surface area (Å²) in [4.78, 5) is 2.71. The lowest BCUT2D eigenvalue weighted by Gasteiger charge is -2.37. The molecular formula is C20H27N3O. The highest BCUT2D eigenvalue weighted by Gasteiger charge is 2.36. The standard InChI is InChI=1S/C20H27N3O/c1-3-8-23(9-4-2)15-11-14-13-21-19-6-5-16(17(12-15)20(14)19)18-7-10-24-22-18/h5-7,10,14-15,21H,3-4,8-9,11-13H2,1-2H3/t14-,15-/m0/s1. The molecule has 1 N–H and O–H groups in total. The van der Waals surface area contributed by atoms with E-state index in [4.69, 9.17) is 4.52 Å². The number of nitrogens with one attached hydrogen (secondary N) is 1. The second-order valence-electron chi connectivity index (χ2n) is 7.15. The van der Waals surface area contributed by atoms with Gasteiger partial charge in [-0.25, -0.2) is 0 Å². The molecule has 0 saturated carbocycles. The summed E-state index contributed by atoms with van der Waals surface area (Å²) in [6.07, 6.45) is 6.52. The highest BCUT2D eigenvalue weighted by atomic mass is 16.5. The van der Waals surface area contributed by atoms with Crippen LogP contribution in [0.15, 0.2) is 29.0 Å². The highest BCUT2D eigenvalue weighted by Crippen LogP contribution is 2.45. The Bertz CT molecular complexity index is 689. The van der Waals surface area contributed by atoms with Gasteiger partial charge in [0.15, 0.2) is 0 Å². The average molecular weight is 325 g/mol. The summed E-state index contributed by atoms with van der Waals surface area (Å²) >= 11 is 0. The van der Waals surface area contributed by atoms with Crippen LogP contribution in [-0.2, 0) is 6.42 Å². The Morgan fingerprint density at radius 3 is 2.75 bits per heavy atom. The number of benzene rings is 1. The van der Waals surface area contributed by atoms with Gasteiger partial charge in [-0.3, -0.25) is 0 Å². The maximum Gasteiger partial charge on any atom is 0.124 e. The summed E-state index contributed by atoms with van der Waals surface area (Å²) in [6, 6.07) is 7.06. The van der Waals surface area contributed by atoms with E-state index in [9.17, 15) is 0 Å². The van der Waals surface area contributed by atoms with E-state index in [-0.39, 0.29) is 0 Å². The molecule has 1 aliphatic heterocycles. The minimum absolute atomic E-state index is 0.636. The highest BCUT2D eigenvalue weighted by molar-refractivity contribution is 5.74. The quantitative estimate of drug-likeness (QED) is 0.860. The summed E-state index contributed by atoms with van der Waals surface area (Å²) in [6.45, 7) is 8.05. The summed E-state index contributed by atoms with van der Waals surface area (Å²) < 4.78 is 5.11. The Morgan fingerprint density at radius 2 is 2.04 bits per heavy atom. The van der Waals surface area contributed by atoms with E-state index in [1.165, 1.54) is 49.2 Å². The molecule has 0 amide bonds. The van der Waals surface area contributed by atoms with Gasteiger partial charge in [0.2, 0.25) is 0 Å². The van der Waals surface area contributed by atoms with E-state index in [0.717, 1.165) is 18.7 Å².